The van der Waals surface area contributed by atoms with Crippen LogP contribution in [0.3, 0.4) is 0 Å². The molecule has 1 saturated carbocycles. The second kappa shape index (κ2) is 15.2. The van der Waals surface area contributed by atoms with E-state index in [1.165, 1.54) is 24.2 Å². The SMILES string of the molecule is Cc1cc(NC(=O)[C@H](CCN)NC(=O)[C@@H]2Cc3ccccc3CN2C(=O)CCC(=O)NCC2CCCCC2)ccc1Cl. The molecule has 0 bridgehead atoms. The Morgan fingerprint density at radius 1 is 1.02 bits per heavy atom. The number of fused-ring (bicyclic) bond motifs is 1. The van der Waals surface area contributed by atoms with Crippen LogP contribution in [-0.2, 0) is 32.1 Å². The van der Waals surface area contributed by atoms with E-state index in [-0.39, 0.29) is 44.2 Å². The van der Waals surface area contributed by atoms with Crippen molar-refractivity contribution in [2.24, 2.45) is 11.7 Å². The molecule has 1 fully saturated rings. The molecule has 0 aromatic heterocycles. The fourth-order valence-electron chi connectivity index (χ4n) is 5.78. The van der Waals surface area contributed by atoms with Crippen LogP contribution in [0.4, 0.5) is 5.69 Å². The summed E-state index contributed by atoms with van der Waals surface area (Å²) in [6.07, 6.45) is 6.53. The van der Waals surface area contributed by atoms with Gasteiger partial charge in [-0.2, -0.15) is 0 Å². The summed E-state index contributed by atoms with van der Waals surface area (Å²) >= 11 is 6.11. The van der Waals surface area contributed by atoms with Crippen molar-refractivity contribution in [2.45, 2.75) is 83.3 Å². The van der Waals surface area contributed by atoms with E-state index < -0.39 is 23.9 Å². The molecule has 5 N–H and O–H groups in total. The molecule has 226 valence electrons. The molecule has 0 unspecified atom stereocenters. The maximum absolute atomic E-state index is 13.7. The number of nitrogens with zero attached hydrogens (tertiary/aromatic N) is 1. The van der Waals surface area contributed by atoms with Crippen molar-refractivity contribution < 1.29 is 19.2 Å². The number of aryl methyl sites for hydroxylation is 1. The number of carbonyl (C=O) groups excluding carboxylic acids is 4. The molecule has 1 aliphatic carbocycles. The van der Waals surface area contributed by atoms with Gasteiger partial charge >= 0.3 is 0 Å². The molecule has 4 amide bonds. The third-order valence-electron chi connectivity index (χ3n) is 8.26. The van der Waals surface area contributed by atoms with Crippen LogP contribution in [0.2, 0.25) is 5.02 Å². The Balaban J connectivity index is 1.41. The van der Waals surface area contributed by atoms with Crippen LogP contribution in [-0.4, -0.2) is 53.7 Å². The molecule has 10 heteroatoms. The summed E-state index contributed by atoms with van der Waals surface area (Å²) in [5.41, 5.74) is 9.10. The quantitative estimate of drug-likeness (QED) is 0.313. The summed E-state index contributed by atoms with van der Waals surface area (Å²) in [6.45, 7) is 2.93. The molecule has 0 saturated heterocycles. The van der Waals surface area contributed by atoms with Crippen LogP contribution in [0.1, 0.15) is 68.1 Å². The number of hydrogen-bond donors (Lipinski definition) is 4. The fourth-order valence-corrected chi connectivity index (χ4v) is 5.89. The predicted molar refractivity (Wildman–Crippen MR) is 164 cm³/mol. The highest BCUT2D eigenvalue weighted by atomic mass is 35.5. The van der Waals surface area contributed by atoms with Crippen LogP contribution in [0, 0.1) is 12.8 Å². The first-order valence-corrected chi connectivity index (χ1v) is 15.3. The molecule has 4 rings (SSSR count). The first-order chi connectivity index (χ1) is 20.2. The largest absolute Gasteiger partial charge is 0.356 e. The number of rotatable bonds is 11. The number of halogens is 1. The van der Waals surface area contributed by atoms with Gasteiger partial charge in [-0.05, 0) is 73.5 Å². The lowest BCUT2D eigenvalue weighted by molar-refractivity contribution is -0.143. The molecular weight excluding hydrogens is 554 g/mol. The van der Waals surface area contributed by atoms with E-state index >= 15 is 0 Å². The number of hydrogen-bond acceptors (Lipinski definition) is 5. The molecule has 1 heterocycles. The summed E-state index contributed by atoms with van der Waals surface area (Å²) in [5.74, 6) is -0.745. The van der Waals surface area contributed by atoms with E-state index in [2.05, 4.69) is 16.0 Å². The van der Waals surface area contributed by atoms with Crippen molar-refractivity contribution >= 4 is 40.9 Å². The van der Waals surface area contributed by atoms with E-state index in [0.29, 0.717) is 29.6 Å². The Morgan fingerprint density at radius 3 is 2.48 bits per heavy atom. The average Bonchev–Trinajstić information content (AvgIpc) is 3.00. The maximum Gasteiger partial charge on any atom is 0.246 e. The third-order valence-corrected chi connectivity index (χ3v) is 8.69. The van der Waals surface area contributed by atoms with Crippen molar-refractivity contribution in [3.8, 4) is 0 Å². The highest BCUT2D eigenvalue weighted by molar-refractivity contribution is 6.31. The summed E-state index contributed by atoms with van der Waals surface area (Å²) in [7, 11) is 0. The predicted octanol–water partition coefficient (Wildman–Crippen LogP) is 3.85. The molecular formula is C32H42ClN5O4. The Bertz CT molecular complexity index is 1280. The van der Waals surface area contributed by atoms with Crippen molar-refractivity contribution in [1.82, 2.24) is 15.5 Å². The molecule has 2 aliphatic rings. The van der Waals surface area contributed by atoms with Gasteiger partial charge in [0.15, 0.2) is 0 Å². The maximum atomic E-state index is 13.7. The number of nitrogens with two attached hydrogens (primary N) is 1. The zero-order chi connectivity index (χ0) is 30.1. The number of carbonyl (C=O) groups is 4. The minimum Gasteiger partial charge on any atom is -0.356 e. The number of nitrogens with one attached hydrogen (secondary N) is 3. The van der Waals surface area contributed by atoms with Crippen molar-refractivity contribution in [3.05, 3.63) is 64.2 Å². The highest BCUT2D eigenvalue weighted by Crippen LogP contribution is 2.26. The van der Waals surface area contributed by atoms with Crippen molar-refractivity contribution in [3.63, 3.8) is 0 Å². The van der Waals surface area contributed by atoms with E-state index in [9.17, 15) is 19.2 Å². The Labute approximate surface area is 252 Å². The van der Waals surface area contributed by atoms with Crippen molar-refractivity contribution in [1.29, 1.82) is 0 Å². The summed E-state index contributed by atoms with van der Waals surface area (Å²) < 4.78 is 0. The smallest absolute Gasteiger partial charge is 0.246 e. The molecule has 0 radical (unpaired) electrons. The lowest BCUT2D eigenvalue weighted by Gasteiger charge is -2.36. The normalized spacial score (nSPS) is 17.6. The molecule has 2 aromatic rings. The van der Waals surface area contributed by atoms with Crippen LogP contribution < -0.4 is 21.7 Å². The third kappa shape index (κ3) is 8.55. The monoisotopic (exact) mass is 595 g/mol. The minimum absolute atomic E-state index is 0.00504. The van der Waals surface area contributed by atoms with Gasteiger partial charge in [0.2, 0.25) is 23.6 Å². The summed E-state index contributed by atoms with van der Waals surface area (Å²) in [4.78, 5) is 54.3. The standard InChI is InChI=1S/C32H42ClN5O4/c1-21-17-25(11-12-26(21)33)36-31(41)27(15-16-34)37-32(42)28-18-23-9-5-6-10-24(23)20-38(28)30(40)14-13-29(39)35-19-22-7-3-2-4-8-22/h5-6,9-12,17,22,27-28H,2-4,7-8,13-16,18-20,34H2,1H3,(H,35,39)(H,36,41)(H,37,42)/t27-,28-/m0/s1. The van der Waals surface area contributed by atoms with Gasteiger partial charge < -0.3 is 26.6 Å². The molecule has 0 spiro atoms. The molecule has 42 heavy (non-hydrogen) atoms. The van der Waals surface area contributed by atoms with Gasteiger partial charge in [0.1, 0.15) is 12.1 Å². The average molecular weight is 596 g/mol. The summed E-state index contributed by atoms with van der Waals surface area (Å²) in [6, 6.07) is 11.1. The lowest BCUT2D eigenvalue weighted by Crippen LogP contribution is -2.56. The number of benzene rings is 2. The number of anilines is 1. The molecule has 9 nitrogen and oxygen atoms in total. The minimum atomic E-state index is -0.891. The van der Waals surface area contributed by atoms with Gasteiger partial charge in [-0.15, -0.1) is 0 Å². The van der Waals surface area contributed by atoms with Gasteiger partial charge in [-0.1, -0.05) is 55.1 Å². The van der Waals surface area contributed by atoms with E-state index in [1.807, 2.05) is 31.2 Å². The Morgan fingerprint density at radius 2 is 1.76 bits per heavy atom. The molecule has 1 aliphatic heterocycles. The fraction of sp³-hybridized carbons (Fsp3) is 0.500. The second-order valence-electron chi connectivity index (χ2n) is 11.4. The first kappa shape index (κ1) is 31.5. The molecule has 2 aromatic carbocycles. The van der Waals surface area contributed by atoms with Gasteiger partial charge in [0.25, 0.3) is 0 Å². The first-order valence-electron chi connectivity index (χ1n) is 15.0. The van der Waals surface area contributed by atoms with Gasteiger partial charge in [-0.3, -0.25) is 19.2 Å². The Kier molecular flexibility index (Phi) is 11.4. The Hall–Kier alpha value is -3.43. The van der Waals surface area contributed by atoms with Crippen LogP contribution in [0.25, 0.3) is 0 Å². The van der Waals surface area contributed by atoms with Crippen LogP contribution >= 0.6 is 11.6 Å². The van der Waals surface area contributed by atoms with Gasteiger partial charge in [0, 0.05) is 43.1 Å². The van der Waals surface area contributed by atoms with Crippen LogP contribution in [0.15, 0.2) is 42.5 Å². The van der Waals surface area contributed by atoms with E-state index in [0.717, 1.165) is 29.5 Å². The van der Waals surface area contributed by atoms with E-state index in [4.69, 9.17) is 17.3 Å². The zero-order valence-electron chi connectivity index (χ0n) is 24.3. The van der Waals surface area contributed by atoms with E-state index in [1.54, 1.807) is 18.2 Å². The highest BCUT2D eigenvalue weighted by Gasteiger charge is 2.36. The van der Waals surface area contributed by atoms with Crippen molar-refractivity contribution in [2.75, 3.05) is 18.4 Å². The van der Waals surface area contributed by atoms with Gasteiger partial charge in [0.05, 0.1) is 0 Å². The topological polar surface area (TPSA) is 134 Å². The zero-order valence-corrected chi connectivity index (χ0v) is 25.1. The number of amides is 4. The second-order valence-corrected chi connectivity index (χ2v) is 11.8. The molecule has 2 atom stereocenters. The lowest BCUT2D eigenvalue weighted by atomic mass is 9.89. The van der Waals surface area contributed by atoms with Crippen LogP contribution in [0.5, 0.6) is 0 Å². The van der Waals surface area contributed by atoms with Gasteiger partial charge in [-0.25, -0.2) is 0 Å². The summed E-state index contributed by atoms with van der Waals surface area (Å²) in [5, 5.41) is 9.24.